The van der Waals surface area contributed by atoms with Gasteiger partial charge in [0.1, 0.15) is 0 Å². The zero-order chi connectivity index (χ0) is 9.90. The second-order valence-electron chi connectivity index (χ2n) is 4.39. The first-order valence-corrected chi connectivity index (χ1v) is 5.41. The second-order valence-corrected chi connectivity index (χ2v) is 4.39. The third-order valence-electron chi connectivity index (χ3n) is 3.42. The fourth-order valence-corrected chi connectivity index (χ4v) is 2.15. The van der Waals surface area contributed by atoms with Crippen LogP contribution < -0.4 is 5.32 Å². The van der Waals surface area contributed by atoms with Gasteiger partial charge in [0.2, 0.25) is 0 Å². The van der Waals surface area contributed by atoms with Gasteiger partial charge in [-0.1, -0.05) is 6.92 Å². The second kappa shape index (κ2) is 4.43. The summed E-state index contributed by atoms with van der Waals surface area (Å²) < 4.78 is 5.33. The fourth-order valence-electron chi connectivity index (χ4n) is 2.15. The third-order valence-corrected chi connectivity index (χ3v) is 3.42. The molecule has 1 rings (SSSR count). The normalized spacial score (nSPS) is 24.0. The number of methoxy groups -OCH3 is 1. The molecule has 0 aliphatic heterocycles. The molecule has 0 spiro atoms. The van der Waals surface area contributed by atoms with Crippen molar-refractivity contribution in [3.8, 4) is 0 Å². The molecule has 0 aromatic rings. The minimum absolute atomic E-state index is 0.406. The van der Waals surface area contributed by atoms with Crippen molar-refractivity contribution in [2.75, 3.05) is 13.7 Å². The lowest BCUT2D eigenvalue weighted by atomic mass is 9.91. The largest absolute Gasteiger partial charge is 0.382 e. The van der Waals surface area contributed by atoms with Crippen molar-refractivity contribution >= 4 is 0 Å². The van der Waals surface area contributed by atoms with Gasteiger partial charge in [0.15, 0.2) is 0 Å². The fraction of sp³-hybridized carbons (Fsp3) is 1.00. The molecule has 2 unspecified atom stereocenters. The molecule has 2 heteroatoms. The van der Waals surface area contributed by atoms with E-state index in [-0.39, 0.29) is 0 Å². The van der Waals surface area contributed by atoms with Gasteiger partial charge in [0, 0.05) is 13.2 Å². The van der Waals surface area contributed by atoms with Gasteiger partial charge in [0.05, 0.1) is 6.10 Å². The first kappa shape index (κ1) is 11.0. The van der Waals surface area contributed by atoms with Gasteiger partial charge in [-0.25, -0.2) is 0 Å². The van der Waals surface area contributed by atoms with Crippen LogP contribution >= 0.6 is 0 Å². The van der Waals surface area contributed by atoms with Crippen LogP contribution in [0.4, 0.5) is 0 Å². The van der Waals surface area contributed by atoms with Crippen molar-refractivity contribution in [2.45, 2.75) is 52.2 Å². The highest BCUT2D eigenvalue weighted by atomic mass is 16.5. The van der Waals surface area contributed by atoms with Crippen molar-refractivity contribution in [3.63, 3.8) is 0 Å². The lowest BCUT2D eigenvalue weighted by Crippen LogP contribution is -2.36. The van der Waals surface area contributed by atoms with Crippen molar-refractivity contribution < 1.29 is 4.74 Å². The molecule has 13 heavy (non-hydrogen) atoms. The summed E-state index contributed by atoms with van der Waals surface area (Å²) in [6, 6.07) is 0.648. The molecule has 2 atom stereocenters. The average Bonchev–Trinajstić information content (AvgIpc) is 2.86. The van der Waals surface area contributed by atoms with Crippen molar-refractivity contribution in [1.29, 1.82) is 0 Å². The number of rotatable bonds is 6. The van der Waals surface area contributed by atoms with Gasteiger partial charge in [-0.05, 0) is 45.1 Å². The predicted molar refractivity (Wildman–Crippen MR) is 55.9 cm³/mol. The van der Waals surface area contributed by atoms with Crippen LogP contribution in [0.15, 0.2) is 0 Å². The van der Waals surface area contributed by atoms with E-state index in [4.69, 9.17) is 4.74 Å². The van der Waals surface area contributed by atoms with Gasteiger partial charge in [-0.2, -0.15) is 0 Å². The Bertz CT molecular complexity index is 154. The topological polar surface area (TPSA) is 21.3 Å². The van der Waals surface area contributed by atoms with E-state index in [2.05, 4.69) is 26.1 Å². The number of nitrogens with one attached hydrogen (secondary N) is 1. The molecule has 0 aromatic heterocycles. The highest BCUT2D eigenvalue weighted by molar-refractivity contribution is 5.01. The molecule has 0 aromatic carbocycles. The van der Waals surface area contributed by atoms with Crippen LogP contribution in [0.1, 0.15) is 40.0 Å². The molecule has 0 radical (unpaired) electrons. The SMILES string of the molecule is CCNC(C)C1(CC(C)OC)CC1. The van der Waals surface area contributed by atoms with E-state index in [0.29, 0.717) is 17.6 Å². The average molecular weight is 185 g/mol. The molecule has 0 amide bonds. The van der Waals surface area contributed by atoms with Gasteiger partial charge >= 0.3 is 0 Å². The monoisotopic (exact) mass is 185 g/mol. The molecular weight excluding hydrogens is 162 g/mol. The van der Waals surface area contributed by atoms with Crippen molar-refractivity contribution in [2.24, 2.45) is 5.41 Å². The number of hydrogen-bond donors (Lipinski definition) is 1. The van der Waals surface area contributed by atoms with E-state index >= 15 is 0 Å². The summed E-state index contributed by atoms with van der Waals surface area (Å²) in [7, 11) is 1.80. The Morgan fingerprint density at radius 2 is 2.00 bits per heavy atom. The molecule has 0 saturated heterocycles. The smallest absolute Gasteiger partial charge is 0.0549 e. The molecule has 0 heterocycles. The van der Waals surface area contributed by atoms with Crippen molar-refractivity contribution in [1.82, 2.24) is 5.32 Å². The lowest BCUT2D eigenvalue weighted by molar-refractivity contribution is 0.0832. The Morgan fingerprint density at radius 3 is 2.38 bits per heavy atom. The summed E-state index contributed by atoms with van der Waals surface area (Å²) in [4.78, 5) is 0. The van der Waals surface area contributed by atoms with Crippen LogP contribution in [-0.2, 0) is 4.74 Å². The first-order chi connectivity index (χ1) is 6.14. The molecular formula is C11H23NO. The maximum atomic E-state index is 5.33. The first-order valence-electron chi connectivity index (χ1n) is 5.41. The number of ether oxygens (including phenoxy) is 1. The van der Waals surface area contributed by atoms with Crippen LogP contribution in [0.5, 0.6) is 0 Å². The molecule has 2 nitrogen and oxygen atoms in total. The third kappa shape index (κ3) is 2.68. The Labute approximate surface area is 82.0 Å². The lowest BCUT2D eigenvalue weighted by Gasteiger charge is -2.26. The van der Waals surface area contributed by atoms with E-state index in [9.17, 15) is 0 Å². The van der Waals surface area contributed by atoms with Crippen molar-refractivity contribution in [3.05, 3.63) is 0 Å². The zero-order valence-electron chi connectivity index (χ0n) is 9.39. The molecule has 1 aliphatic carbocycles. The molecule has 0 bridgehead atoms. The van der Waals surface area contributed by atoms with Crippen LogP contribution in [-0.4, -0.2) is 25.8 Å². The summed E-state index contributed by atoms with van der Waals surface area (Å²) in [5.74, 6) is 0. The Balaban J connectivity index is 2.37. The molecule has 1 aliphatic rings. The minimum Gasteiger partial charge on any atom is -0.382 e. The van der Waals surface area contributed by atoms with E-state index in [1.165, 1.54) is 19.3 Å². The summed E-state index contributed by atoms with van der Waals surface area (Å²) in [6.45, 7) is 7.72. The standard InChI is InChI=1S/C11H23NO/c1-5-12-10(3)11(6-7-11)8-9(2)13-4/h9-10,12H,5-8H2,1-4H3. The molecule has 1 N–H and O–H groups in total. The van der Waals surface area contributed by atoms with Gasteiger partial charge < -0.3 is 10.1 Å². The quantitative estimate of drug-likeness (QED) is 0.685. The van der Waals surface area contributed by atoms with Gasteiger partial charge in [-0.3, -0.25) is 0 Å². The molecule has 1 fully saturated rings. The summed E-state index contributed by atoms with van der Waals surface area (Å²) >= 11 is 0. The Hall–Kier alpha value is -0.0800. The highest BCUT2D eigenvalue weighted by Crippen LogP contribution is 2.52. The van der Waals surface area contributed by atoms with Crippen LogP contribution in [0, 0.1) is 5.41 Å². The summed E-state index contributed by atoms with van der Waals surface area (Å²) in [5, 5.41) is 3.52. The zero-order valence-corrected chi connectivity index (χ0v) is 9.39. The van der Waals surface area contributed by atoms with Gasteiger partial charge in [0.25, 0.3) is 0 Å². The van der Waals surface area contributed by atoms with Crippen LogP contribution in [0.2, 0.25) is 0 Å². The molecule has 1 saturated carbocycles. The van der Waals surface area contributed by atoms with E-state index in [1.54, 1.807) is 7.11 Å². The van der Waals surface area contributed by atoms with E-state index in [1.807, 2.05) is 0 Å². The van der Waals surface area contributed by atoms with Crippen LogP contribution in [0.25, 0.3) is 0 Å². The highest BCUT2D eigenvalue weighted by Gasteiger charge is 2.47. The maximum Gasteiger partial charge on any atom is 0.0549 e. The summed E-state index contributed by atoms with van der Waals surface area (Å²) in [6.07, 6.45) is 4.35. The van der Waals surface area contributed by atoms with Gasteiger partial charge in [-0.15, -0.1) is 0 Å². The van der Waals surface area contributed by atoms with E-state index < -0.39 is 0 Å². The maximum absolute atomic E-state index is 5.33. The van der Waals surface area contributed by atoms with E-state index in [0.717, 1.165) is 6.54 Å². The Kier molecular flexibility index (Phi) is 3.74. The Morgan fingerprint density at radius 1 is 1.38 bits per heavy atom. The summed E-state index contributed by atoms with van der Waals surface area (Å²) in [5.41, 5.74) is 0.547. The number of hydrogen-bond acceptors (Lipinski definition) is 2. The predicted octanol–water partition coefficient (Wildman–Crippen LogP) is 2.19. The van der Waals surface area contributed by atoms with Crippen LogP contribution in [0.3, 0.4) is 0 Å². The molecule has 78 valence electrons. The minimum atomic E-state index is 0.406.